The summed E-state index contributed by atoms with van der Waals surface area (Å²) in [6.45, 7) is 3.11. The SMILES string of the molecule is CC1(O)CCCN(C(=O)c2cn3ccccc3n2)CC1. The molecule has 1 aliphatic heterocycles. The number of fused-ring (bicyclic) bond motifs is 1. The molecule has 1 fully saturated rings. The van der Waals surface area contributed by atoms with Crippen molar-refractivity contribution in [2.45, 2.75) is 31.8 Å². The fraction of sp³-hybridized carbons (Fsp3) is 0.467. The van der Waals surface area contributed by atoms with Crippen LogP contribution in [0.3, 0.4) is 0 Å². The third kappa shape index (κ3) is 2.54. The summed E-state index contributed by atoms with van der Waals surface area (Å²) in [7, 11) is 0. The lowest BCUT2D eigenvalue weighted by molar-refractivity contribution is 0.0437. The number of carbonyl (C=O) groups is 1. The molecule has 1 saturated heterocycles. The number of nitrogens with zero attached hydrogens (tertiary/aromatic N) is 3. The molecule has 5 nitrogen and oxygen atoms in total. The fourth-order valence-electron chi connectivity index (χ4n) is 2.67. The van der Waals surface area contributed by atoms with Gasteiger partial charge in [-0.15, -0.1) is 0 Å². The third-order valence-corrected chi connectivity index (χ3v) is 3.93. The molecule has 0 saturated carbocycles. The molecular weight excluding hydrogens is 254 g/mol. The van der Waals surface area contributed by atoms with E-state index in [9.17, 15) is 9.90 Å². The second-order valence-corrected chi connectivity index (χ2v) is 5.73. The van der Waals surface area contributed by atoms with Gasteiger partial charge in [-0.1, -0.05) is 6.07 Å². The zero-order chi connectivity index (χ0) is 14.2. The van der Waals surface area contributed by atoms with Gasteiger partial charge in [0, 0.05) is 25.5 Å². The van der Waals surface area contributed by atoms with Crippen LogP contribution in [0.5, 0.6) is 0 Å². The van der Waals surface area contributed by atoms with Gasteiger partial charge >= 0.3 is 0 Å². The molecule has 0 bridgehead atoms. The summed E-state index contributed by atoms with van der Waals surface area (Å²) in [5, 5.41) is 10.1. The third-order valence-electron chi connectivity index (χ3n) is 3.93. The maximum absolute atomic E-state index is 12.5. The van der Waals surface area contributed by atoms with Gasteiger partial charge in [-0.2, -0.15) is 0 Å². The maximum Gasteiger partial charge on any atom is 0.274 e. The molecule has 0 aromatic carbocycles. The molecule has 1 N–H and O–H groups in total. The zero-order valence-corrected chi connectivity index (χ0v) is 11.6. The Bertz CT molecular complexity index is 600. The highest BCUT2D eigenvalue weighted by Crippen LogP contribution is 2.22. The Hall–Kier alpha value is -1.88. The molecule has 3 heterocycles. The number of pyridine rings is 1. The van der Waals surface area contributed by atoms with Crippen LogP contribution in [-0.4, -0.2) is 44.0 Å². The number of hydrogen-bond donors (Lipinski definition) is 1. The minimum atomic E-state index is -0.659. The number of amides is 1. The summed E-state index contributed by atoms with van der Waals surface area (Å²) in [5.41, 5.74) is 0.587. The number of rotatable bonds is 1. The van der Waals surface area contributed by atoms with Gasteiger partial charge in [-0.3, -0.25) is 4.79 Å². The van der Waals surface area contributed by atoms with Crippen molar-refractivity contribution >= 4 is 11.6 Å². The highest BCUT2D eigenvalue weighted by Gasteiger charge is 2.28. The molecule has 1 aliphatic rings. The van der Waals surface area contributed by atoms with Crippen molar-refractivity contribution in [3.05, 3.63) is 36.3 Å². The predicted molar refractivity (Wildman–Crippen MR) is 75.6 cm³/mol. The molecule has 0 spiro atoms. The van der Waals surface area contributed by atoms with E-state index in [1.807, 2.05) is 35.7 Å². The van der Waals surface area contributed by atoms with Crippen LogP contribution < -0.4 is 0 Å². The lowest BCUT2D eigenvalue weighted by Gasteiger charge is -2.21. The lowest BCUT2D eigenvalue weighted by Crippen LogP contribution is -2.33. The topological polar surface area (TPSA) is 57.8 Å². The number of hydrogen-bond acceptors (Lipinski definition) is 3. The zero-order valence-electron chi connectivity index (χ0n) is 11.6. The molecule has 1 unspecified atom stereocenters. The van der Waals surface area contributed by atoms with Gasteiger partial charge < -0.3 is 14.4 Å². The van der Waals surface area contributed by atoms with Crippen LogP contribution in [0.2, 0.25) is 0 Å². The Morgan fingerprint density at radius 3 is 3.00 bits per heavy atom. The van der Waals surface area contributed by atoms with Crippen molar-refractivity contribution in [3.8, 4) is 0 Å². The van der Waals surface area contributed by atoms with Crippen LogP contribution in [-0.2, 0) is 0 Å². The number of aromatic nitrogens is 2. The molecule has 0 radical (unpaired) electrons. The highest BCUT2D eigenvalue weighted by molar-refractivity contribution is 5.92. The standard InChI is InChI=1S/C15H19N3O2/c1-15(20)6-4-9-17(10-7-15)14(19)12-11-18-8-3-2-5-13(18)16-12/h2-3,5,8,11,20H,4,6-7,9-10H2,1H3. The van der Waals surface area contributed by atoms with E-state index in [2.05, 4.69) is 4.98 Å². The molecule has 3 rings (SSSR count). The summed E-state index contributed by atoms with van der Waals surface area (Å²) < 4.78 is 1.85. The quantitative estimate of drug-likeness (QED) is 0.860. The monoisotopic (exact) mass is 273 g/mol. The summed E-state index contributed by atoms with van der Waals surface area (Å²) >= 11 is 0. The van der Waals surface area contributed by atoms with E-state index in [1.54, 1.807) is 11.1 Å². The van der Waals surface area contributed by atoms with E-state index >= 15 is 0 Å². The normalized spacial score (nSPS) is 23.8. The number of aliphatic hydroxyl groups is 1. The highest BCUT2D eigenvalue weighted by atomic mass is 16.3. The van der Waals surface area contributed by atoms with Crippen LogP contribution in [0, 0.1) is 0 Å². The summed E-state index contributed by atoms with van der Waals surface area (Å²) in [4.78, 5) is 18.7. The van der Waals surface area contributed by atoms with Crippen molar-refractivity contribution in [2.24, 2.45) is 0 Å². The van der Waals surface area contributed by atoms with Gasteiger partial charge in [-0.05, 0) is 38.3 Å². The van der Waals surface area contributed by atoms with Crippen molar-refractivity contribution in [3.63, 3.8) is 0 Å². The molecule has 2 aromatic rings. The second kappa shape index (κ2) is 4.90. The molecule has 0 aliphatic carbocycles. The first-order valence-electron chi connectivity index (χ1n) is 7.01. The van der Waals surface area contributed by atoms with Crippen LogP contribution in [0.25, 0.3) is 5.65 Å². The summed E-state index contributed by atoms with van der Waals surface area (Å²) in [6, 6.07) is 5.69. The smallest absolute Gasteiger partial charge is 0.274 e. The van der Waals surface area contributed by atoms with Gasteiger partial charge in [-0.25, -0.2) is 4.98 Å². The number of imidazole rings is 1. The van der Waals surface area contributed by atoms with Crippen LogP contribution >= 0.6 is 0 Å². The fourth-order valence-corrected chi connectivity index (χ4v) is 2.67. The van der Waals surface area contributed by atoms with Crippen molar-refractivity contribution in [2.75, 3.05) is 13.1 Å². The first kappa shape index (κ1) is 13.1. The van der Waals surface area contributed by atoms with Crippen LogP contribution in [0.4, 0.5) is 0 Å². The average molecular weight is 273 g/mol. The van der Waals surface area contributed by atoms with E-state index < -0.39 is 5.60 Å². The van der Waals surface area contributed by atoms with E-state index in [4.69, 9.17) is 0 Å². The molecule has 20 heavy (non-hydrogen) atoms. The molecule has 1 atom stereocenters. The van der Waals surface area contributed by atoms with E-state index in [0.29, 0.717) is 25.2 Å². The lowest BCUT2D eigenvalue weighted by atomic mass is 9.98. The van der Waals surface area contributed by atoms with Crippen LogP contribution in [0.1, 0.15) is 36.7 Å². The Balaban J connectivity index is 1.81. The molecule has 2 aromatic heterocycles. The molecule has 1 amide bonds. The Morgan fingerprint density at radius 1 is 1.35 bits per heavy atom. The Labute approximate surface area is 117 Å². The Morgan fingerprint density at radius 2 is 2.20 bits per heavy atom. The molecule has 106 valence electrons. The Kier molecular flexibility index (Phi) is 3.22. The van der Waals surface area contributed by atoms with Crippen molar-refractivity contribution < 1.29 is 9.90 Å². The van der Waals surface area contributed by atoms with Gasteiger partial charge in [0.05, 0.1) is 5.60 Å². The van der Waals surface area contributed by atoms with Gasteiger partial charge in [0.15, 0.2) is 0 Å². The van der Waals surface area contributed by atoms with Gasteiger partial charge in [0.25, 0.3) is 5.91 Å². The minimum absolute atomic E-state index is 0.0496. The van der Waals surface area contributed by atoms with E-state index in [-0.39, 0.29) is 5.91 Å². The average Bonchev–Trinajstić information content (AvgIpc) is 2.77. The number of likely N-dealkylation sites (tertiary alicyclic amines) is 1. The van der Waals surface area contributed by atoms with Crippen molar-refractivity contribution in [1.29, 1.82) is 0 Å². The largest absolute Gasteiger partial charge is 0.390 e. The van der Waals surface area contributed by atoms with Gasteiger partial charge in [0.1, 0.15) is 11.3 Å². The summed E-state index contributed by atoms with van der Waals surface area (Å²) in [6.07, 6.45) is 5.83. The first-order chi connectivity index (χ1) is 9.55. The molecular formula is C15H19N3O2. The number of carbonyl (C=O) groups excluding carboxylic acids is 1. The van der Waals surface area contributed by atoms with Crippen molar-refractivity contribution in [1.82, 2.24) is 14.3 Å². The summed E-state index contributed by atoms with van der Waals surface area (Å²) in [5.74, 6) is -0.0496. The van der Waals surface area contributed by atoms with E-state index in [1.165, 1.54) is 0 Å². The second-order valence-electron chi connectivity index (χ2n) is 5.73. The minimum Gasteiger partial charge on any atom is -0.390 e. The molecule has 5 heteroatoms. The predicted octanol–water partition coefficient (Wildman–Crippen LogP) is 1.71. The van der Waals surface area contributed by atoms with Gasteiger partial charge in [0.2, 0.25) is 0 Å². The maximum atomic E-state index is 12.5. The first-order valence-corrected chi connectivity index (χ1v) is 7.01. The van der Waals surface area contributed by atoms with Crippen LogP contribution in [0.15, 0.2) is 30.6 Å². The van der Waals surface area contributed by atoms with E-state index in [0.717, 1.165) is 18.5 Å².